The highest BCUT2D eigenvalue weighted by Gasteiger charge is 2.12. The number of carbonyl (C=O) groups is 4. The summed E-state index contributed by atoms with van der Waals surface area (Å²) in [6.07, 6.45) is 0. The summed E-state index contributed by atoms with van der Waals surface area (Å²) in [7, 11) is 1.32. The summed E-state index contributed by atoms with van der Waals surface area (Å²) >= 11 is 0. The van der Waals surface area contributed by atoms with Gasteiger partial charge >= 0.3 is 12.0 Å². The molecule has 0 heterocycles. The van der Waals surface area contributed by atoms with E-state index in [-0.39, 0.29) is 5.56 Å². The van der Waals surface area contributed by atoms with Crippen LogP contribution in [0.2, 0.25) is 0 Å². The van der Waals surface area contributed by atoms with Gasteiger partial charge in [0.15, 0.2) is 6.61 Å². The maximum atomic E-state index is 12.9. The Labute approximate surface area is 125 Å². The van der Waals surface area contributed by atoms with Gasteiger partial charge in [0.05, 0.1) is 0 Å². The quantitative estimate of drug-likeness (QED) is 0.638. The van der Waals surface area contributed by atoms with Crippen LogP contribution < -0.4 is 16.0 Å². The predicted octanol–water partition coefficient (Wildman–Crippen LogP) is -0.446. The Bertz CT molecular complexity index is 591. The van der Waals surface area contributed by atoms with E-state index in [0.717, 1.165) is 6.07 Å². The third-order valence-corrected chi connectivity index (χ3v) is 2.32. The molecule has 9 heteroatoms. The Hall–Kier alpha value is -2.97. The Morgan fingerprint density at radius 3 is 2.59 bits per heavy atom. The summed E-state index contributed by atoms with van der Waals surface area (Å²) in [6.45, 7) is -1.16. The van der Waals surface area contributed by atoms with Crippen molar-refractivity contribution in [2.45, 2.75) is 0 Å². The number of ether oxygens (including phenoxy) is 1. The van der Waals surface area contributed by atoms with Crippen molar-refractivity contribution in [3.8, 4) is 0 Å². The van der Waals surface area contributed by atoms with Crippen LogP contribution in [0.5, 0.6) is 0 Å². The lowest BCUT2D eigenvalue weighted by Crippen LogP contribution is -2.40. The lowest BCUT2D eigenvalue weighted by atomic mass is 10.2. The average molecular weight is 311 g/mol. The van der Waals surface area contributed by atoms with E-state index in [4.69, 9.17) is 0 Å². The number of urea groups is 1. The third-order valence-electron chi connectivity index (χ3n) is 2.32. The molecule has 0 saturated carbocycles. The molecule has 0 bridgehead atoms. The van der Waals surface area contributed by atoms with Crippen molar-refractivity contribution in [3.63, 3.8) is 0 Å². The van der Waals surface area contributed by atoms with E-state index in [1.165, 1.54) is 25.2 Å². The van der Waals surface area contributed by atoms with Crippen LogP contribution in [-0.4, -0.2) is 44.0 Å². The van der Waals surface area contributed by atoms with Crippen LogP contribution in [0.3, 0.4) is 0 Å². The highest BCUT2D eigenvalue weighted by atomic mass is 19.1. The summed E-state index contributed by atoms with van der Waals surface area (Å²) < 4.78 is 17.5. The van der Waals surface area contributed by atoms with Gasteiger partial charge in [0.25, 0.3) is 11.8 Å². The van der Waals surface area contributed by atoms with E-state index in [1.807, 2.05) is 5.32 Å². The molecule has 1 rings (SSSR count). The second kappa shape index (κ2) is 8.35. The van der Waals surface area contributed by atoms with Crippen molar-refractivity contribution in [1.82, 2.24) is 16.0 Å². The standard InChI is InChI=1S/C13H14FN3O5/c1-15-13(21)17-10(18)7-22-11(19)6-16-12(20)8-3-2-4-9(14)5-8/h2-5H,6-7H2,1H3,(H,16,20)(H2,15,17,18,21). The van der Waals surface area contributed by atoms with Crippen molar-refractivity contribution in [1.29, 1.82) is 0 Å². The Balaban J connectivity index is 2.32. The summed E-state index contributed by atoms with van der Waals surface area (Å²) in [5.74, 6) is -2.94. The minimum absolute atomic E-state index is 0.0464. The molecule has 118 valence electrons. The molecule has 0 aliphatic rings. The highest BCUT2D eigenvalue weighted by molar-refractivity contribution is 5.97. The molecule has 8 nitrogen and oxygen atoms in total. The molecule has 1 aromatic carbocycles. The van der Waals surface area contributed by atoms with Crippen LogP contribution in [0, 0.1) is 5.82 Å². The SMILES string of the molecule is CNC(=O)NC(=O)COC(=O)CNC(=O)c1cccc(F)c1. The molecule has 0 aromatic heterocycles. The first-order valence-corrected chi connectivity index (χ1v) is 6.13. The molecule has 0 aliphatic heterocycles. The van der Waals surface area contributed by atoms with Gasteiger partial charge in [0, 0.05) is 12.6 Å². The second-order valence-corrected chi connectivity index (χ2v) is 3.98. The maximum absolute atomic E-state index is 12.9. The topological polar surface area (TPSA) is 114 Å². The number of nitrogens with one attached hydrogen (secondary N) is 3. The summed E-state index contributed by atoms with van der Waals surface area (Å²) in [4.78, 5) is 44.9. The van der Waals surface area contributed by atoms with E-state index in [9.17, 15) is 23.6 Å². The Kier molecular flexibility index (Phi) is 6.48. The minimum Gasteiger partial charge on any atom is -0.454 e. The van der Waals surface area contributed by atoms with Crippen LogP contribution in [-0.2, 0) is 14.3 Å². The molecule has 0 unspecified atom stereocenters. The zero-order valence-electron chi connectivity index (χ0n) is 11.6. The molecule has 3 N–H and O–H groups in total. The Morgan fingerprint density at radius 1 is 1.23 bits per heavy atom. The lowest BCUT2D eigenvalue weighted by molar-refractivity contribution is -0.147. The number of carbonyl (C=O) groups excluding carboxylic acids is 4. The van der Waals surface area contributed by atoms with Crippen molar-refractivity contribution in [2.24, 2.45) is 0 Å². The predicted molar refractivity (Wildman–Crippen MR) is 72.3 cm³/mol. The van der Waals surface area contributed by atoms with Gasteiger partial charge in [-0.2, -0.15) is 0 Å². The van der Waals surface area contributed by atoms with Crippen LogP contribution in [0.1, 0.15) is 10.4 Å². The molecule has 0 aliphatic carbocycles. The van der Waals surface area contributed by atoms with Gasteiger partial charge in [-0.1, -0.05) is 6.07 Å². The summed E-state index contributed by atoms with van der Waals surface area (Å²) in [5.41, 5.74) is 0.0464. The molecule has 0 spiro atoms. The molecule has 22 heavy (non-hydrogen) atoms. The smallest absolute Gasteiger partial charge is 0.325 e. The number of esters is 1. The first-order valence-electron chi connectivity index (χ1n) is 6.13. The summed E-state index contributed by atoms with van der Waals surface area (Å²) in [5, 5.41) is 6.24. The van der Waals surface area contributed by atoms with E-state index < -0.39 is 42.8 Å². The van der Waals surface area contributed by atoms with Gasteiger partial charge in [-0.25, -0.2) is 9.18 Å². The highest BCUT2D eigenvalue weighted by Crippen LogP contribution is 2.02. The zero-order valence-corrected chi connectivity index (χ0v) is 11.6. The first kappa shape index (κ1) is 17.1. The zero-order chi connectivity index (χ0) is 16.5. The fourth-order valence-corrected chi connectivity index (χ4v) is 1.31. The Morgan fingerprint density at radius 2 is 1.95 bits per heavy atom. The van der Waals surface area contributed by atoms with Gasteiger partial charge < -0.3 is 15.4 Å². The van der Waals surface area contributed by atoms with Crippen molar-refractivity contribution in [2.75, 3.05) is 20.2 Å². The number of imide groups is 1. The van der Waals surface area contributed by atoms with Gasteiger partial charge in [-0.15, -0.1) is 0 Å². The molecule has 0 radical (unpaired) electrons. The fourth-order valence-electron chi connectivity index (χ4n) is 1.31. The fraction of sp³-hybridized carbons (Fsp3) is 0.231. The van der Waals surface area contributed by atoms with Crippen LogP contribution in [0.4, 0.5) is 9.18 Å². The number of halogens is 1. The number of amides is 4. The lowest BCUT2D eigenvalue weighted by Gasteiger charge is -2.07. The van der Waals surface area contributed by atoms with E-state index >= 15 is 0 Å². The van der Waals surface area contributed by atoms with Gasteiger partial charge in [0.1, 0.15) is 12.4 Å². The average Bonchev–Trinajstić information content (AvgIpc) is 2.50. The maximum Gasteiger partial charge on any atom is 0.325 e. The van der Waals surface area contributed by atoms with Crippen LogP contribution in [0.15, 0.2) is 24.3 Å². The van der Waals surface area contributed by atoms with E-state index in [0.29, 0.717) is 0 Å². The molecule has 0 saturated heterocycles. The number of hydrogen-bond donors (Lipinski definition) is 3. The molecule has 0 fully saturated rings. The monoisotopic (exact) mass is 311 g/mol. The van der Waals surface area contributed by atoms with Crippen LogP contribution >= 0.6 is 0 Å². The summed E-state index contributed by atoms with van der Waals surface area (Å²) in [6, 6.07) is 4.18. The minimum atomic E-state index is -0.878. The molecule has 1 aromatic rings. The van der Waals surface area contributed by atoms with Crippen molar-refractivity contribution < 1.29 is 28.3 Å². The largest absolute Gasteiger partial charge is 0.454 e. The van der Waals surface area contributed by atoms with Crippen molar-refractivity contribution >= 4 is 23.8 Å². The second-order valence-electron chi connectivity index (χ2n) is 3.98. The molecular weight excluding hydrogens is 297 g/mol. The van der Waals surface area contributed by atoms with Gasteiger partial charge in [-0.3, -0.25) is 19.7 Å². The number of benzene rings is 1. The van der Waals surface area contributed by atoms with Crippen LogP contribution in [0.25, 0.3) is 0 Å². The van der Waals surface area contributed by atoms with Gasteiger partial charge in [-0.05, 0) is 18.2 Å². The molecular formula is C13H14FN3O5. The van der Waals surface area contributed by atoms with E-state index in [2.05, 4.69) is 15.4 Å². The third kappa shape index (κ3) is 5.99. The molecule has 0 atom stereocenters. The van der Waals surface area contributed by atoms with Gasteiger partial charge in [0.2, 0.25) is 0 Å². The van der Waals surface area contributed by atoms with E-state index in [1.54, 1.807) is 0 Å². The van der Waals surface area contributed by atoms with Crippen molar-refractivity contribution in [3.05, 3.63) is 35.6 Å². The molecule has 4 amide bonds. The normalized spacial score (nSPS) is 9.55. The number of rotatable bonds is 5. The number of hydrogen-bond acceptors (Lipinski definition) is 5. The first-order chi connectivity index (χ1) is 10.4.